The third-order valence-electron chi connectivity index (χ3n) is 1.13. The van der Waals surface area contributed by atoms with Gasteiger partial charge in [-0.3, -0.25) is 9.36 Å². The molecule has 0 radical (unpaired) electrons. The van der Waals surface area contributed by atoms with Gasteiger partial charge in [0.2, 0.25) is 0 Å². The van der Waals surface area contributed by atoms with Crippen LogP contribution in [0.25, 0.3) is 6.20 Å². The van der Waals surface area contributed by atoms with E-state index in [9.17, 15) is 4.79 Å². The van der Waals surface area contributed by atoms with Gasteiger partial charge in [0, 0.05) is 6.20 Å². The molecule has 0 unspecified atom stereocenters. The first-order chi connectivity index (χ1) is 5.20. The second-order valence-corrected chi connectivity index (χ2v) is 3.22. The topological polar surface area (TPSA) is 34.9 Å². The van der Waals surface area contributed by atoms with Crippen LogP contribution < -0.4 is 0 Å². The molecule has 0 fully saturated rings. The molecule has 5 heteroatoms. The van der Waals surface area contributed by atoms with Crippen molar-refractivity contribution >= 4 is 44.3 Å². The van der Waals surface area contributed by atoms with Crippen molar-refractivity contribution in [2.75, 3.05) is 0 Å². The van der Waals surface area contributed by atoms with Gasteiger partial charge >= 0.3 is 0 Å². The molecule has 0 aliphatic carbocycles. The van der Waals surface area contributed by atoms with Gasteiger partial charge in [0.1, 0.15) is 9.21 Å². The van der Waals surface area contributed by atoms with Gasteiger partial charge in [-0.1, -0.05) is 6.58 Å². The van der Waals surface area contributed by atoms with E-state index < -0.39 is 0 Å². The number of imidazole rings is 1. The number of nitrogens with zero attached hydrogens (tertiary/aromatic N) is 2. The minimum Gasteiger partial charge on any atom is -0.294 e. The van der Waals surface area contributed by atoms with E-state index in [2.05, 4.69) is 43.4 Å². The van der Waals surface area contributed by atoms with Crippen molar-refractivity contribution in [3.63, 3.8) is 0 Å². The Kier molecular flexibility index (Phi) is 2.62. The van der Waals surface area contributed by atoms with E-state index in [4.69, 9.17) is 0 Å². The van der Waals surface area contributed by atoms with Gasteiger partial charge in [-0.2, -0.15) is 0 Å². The maximum atomic E-state index is 10.4. The van der Waals surface area contributed by atoms with Gasteiger partial charge in [0.25, 0.3) is 0 Å². The van der Waals surface area contributed by atoms with Crippen LogP contribution in [0.5, 0.6) is 0 Å². The predicted octanol–water partition coefficient (Wildman–Crippen LogP) is 2.32. The zero-order valence-corrected chi connectivity index (χ0v) is 8.59. The highest BCUT2D eigenvalue weighted by atomic mass is 79.9. The Morgan fingerprint density at radius 1 is 1.55 bits per heavy atom. The summed E-state index contributed by atoms with van der Waals surface area (Å²) >= 11 is 6.39. The molecule has 0 atom stereocenters. The molecule has 0 aliphatic rings. The van der Waals surface area contributed by atoms with E-state index >= 15 is 0 Å². The van der Waals surface area contributed by atoms with E-state index in [0.717, 1.165) is 0 Å². The zero-order valence-electron chi connectivity index (χ0n) is 5.42. The van der Waals surface area contributed by atoms with E-state index in [1.54, 1.807) is 0 Å². The van der Waals surface area contributed by atoms with Crippen LogP contribution in [-0.4, -0.2) is 15.8 Å². The van der Waals surface area contributed by atoms with Gasteiger partial charge in [0.15, 0.2) is 12.1 Å². The summed E-state index contributed by atoms with van der Waals surface area (Å²) in [6.07, 6.45) is 2.17. The largest absolute Gasteiger partial charge is 0.294 e. The molecule has 0 saturated heterocycles. The van der Waals surface area contributed by atoms with Crippen molar-refractivity contribution in [3.8, 4) is 0 Å². The monoisotopic (exact) mass is 278 g/mol. The molecule has 0 N–H and O–H groups in total. The molecule has 0 aromatic carbocycles. The van der Waals surface area contributed by atoms with E-state index in [1.165, 1.54) is 10.8 Å². The number of hydrogen-bond donors (Lipinski definition) is 0. The second kappa shape index (κ2) is 3.32. The Labute approximate surface area is 80.4 Å². The number of carbonyl (C=O) groups is 1. The van der Waals surface area contributed by atoms with Crippen LogP contribution in [0.2, 0.25) is 0 Å². The quantitative estimate of drug-likeness (QED) is 0.779. The molecule has 11 heavy (non-hydrogen) atoms. The van der Waals surface area contributed by atoms with Crippen LogP contribution in [0.15, 0.2) is 15.8 Å². The van der Waals surface area contributed by atoms with E-state index in [1.807, 2.05) is 0 Å². The first kappa shape index (κ1) is 8.67. The molecule has 0 amide bonds. The Morgan fingerprint density at radius 3 is 2.55 bits per heavy atom. The number of aromatic nitrogens is 2. The highest BCUT2D eigenvalue weighted by Gasteiger charge is 2.09. The van der Waals surface area contributed by atoms with E-state index in [-0.39, 0.29) is 0 Å². The smallest absolute Gasteiger partial charge is 0.186 e. The van der Waals surface area contributed by atoms with Crippen LogP contribution >= 0.6 is 31.9 Å². The average Bonchev–Trinajstić information content (AvgIpc) is 2.28. The number of halogens is 2. The molecule has 1 rings (SSSR count). The highest BCUT2D eigenvalue weighted by molar-refractivity contribution is 9.13. The molecule has 0 spiro atoms. The minimum absolute atomic E-state index is 0.318. The van der Waals surface area contributed by atoms with Crippen molar-refractivity contribution in [2.45, 2.75) is 0 Å². The van der Waals surface area contributed by atoms with Gasteiger partial charge in [-0.05, 0) is 31.9 Å². The summed E-state index contributed by atoms with van der Waals surface area (Å²) in [5.74, 6) is 0.318. The average molecular weight is 280 g/mol. The molecule has 58 valence electrons. The van der Waals surface area contributed by atoms with Gasteiger partial charge in [0.05, 0.1) is 0 Å². The molecular weight excluding hydrogens is 276 g/mol. The predicted molar refractivity (Wildman–Crippen MR) is 49.4 cm³/mol. The van der Waals surface area contributed by atoms with Crippen molar-refractivity contribution in [3.05, 3.63) is 21.6 Å². The summed E-state index contributed by atoms with van der Waals surface area (Å²) in [6.45, 7) is 3.53. The lowest BCUT2D eigenvalue weighted by Gasteiger charge is -1.93. The van der Waals surface area contributed by atoms with Crippen LogP contribution in [0, 0.1) is 0 Å². The number of hydrogen-bond acceptors (Lipinski definition) is 2. The SMILES string of the molecule is C=Cn1c(C=O)nc(Br)c1Br. The van der Waals surface area contributed by atoms with Crippen molar-refractivity contribution in [1.29, 1.82) is 0 Å². The summed E-state index contributed by atoms with van der Waals surface area (Å²) in [4.78, 5) is 14.3. The van der Waals surface area contributed by atoms with Crippen LogP contribution in [-0.2, 0) is 0 Å². The summed E-state index contributed by atoms with van der Waals surface area (Å²) in [5, 5.41) is 0. The van der Waals surface area contributed by atoms with Crippen LogP contribution in [0.1, 0.15) is 10.6 Å². The van der Waals surface area contributed by atoms with Crippen molar-refractivity contribution < 1.29 is 4.79 Å². The first-order valence-electron chi connectivity index (χ1n) is 2.71. The van der Waals surface area contributed by atoms with Crippen molar-refractivity contribution in [2.24, 2.45) is 0 Å². The van der Waals surface area contributed by atoms with Crippen LogP contribution in [0.4, 0.5) is 0 Å². The molecule has 1 aromatic heterocycles. The van der Waals surface area contributed by atoms with Gasteiger partial charge in [-0.25, -0.2) is 4.98 Å². The molecule has 0 bridgehead atoms. The molecule has 0 saturated carbocycles. The maximum absolute atomic E-state index is 10.4. The number of carbonyl (C=O) groups excluding carboxylic acids is 1. The molecular formula is C6H4Br2N2O. The lowest BCUT2D eigenvalue weighted by atomic mass is 10.7. The Hall–Kier alpha value is -0.420. The fraction of sp³-hybridized carbons (Fsp3) is 0. The summed E-state index contributed by atoms with van der Waals surface area (Å²) in [6, 6.07) is 0. The zero-order chi connectivity index (χ0) is 8.43. The lowest BCUT2D eigenvalue weighted by molar-refractivity contribution is 0.111. The van der Waals surface area contributed by atoms with Gasteiger partial charge in [-0.15, -0.1) is 0 Å². The summed E-state index contributed by atoms with van der Waals surface area (Å²) in [7, 11) is 0. The van der Waals surface area contributed by atoms with Crippen molar-refractivity contribution in [1.82, 2.24) is 9.55 Å². The fourth-order valence-electron chi connectivity index (χ4n) is 0.657. The fourth-order valence-corrected chi connectivity index (χ4v) is 1.45. The summed E-state index contributed by atoms with van der Waals surface area (Å²) in [5.41, 5.74) is 0. The second-order valence-electron chi connectivity index (χ2n) is 1.72. The minimum atomic E-state index is 0.318. The molecule has 0 aliphatic heterocycles. The van der Waals surface area contributed by atoms with Gasteiger partial charge < -0.3 is 0 Å². The highest BCUT2D eigenvalue weighted by Crippen LogP contribution is 2.23. The molecule has 3 nitrogen and oxygen atoms in total. The molecule has 1 aromatic rings. The first-order valence-corrected chi connectivity index (χ1v) is 4.30. The normalized spacial score (nSPS) is 9.64. The Morgan fingerprint density at radius 2 is 2.18 bits per heavy atom. The lowest BCUT2D eigenvalue weighted by Crippen LogP contribution is -1.93. The Balaban J connectivity index is 3.37. The third-order valence-corrected chi connectivity index (χ3v) is 2.97. The van der Waals surface area contributed by atoms with E-state index in [0.29, 0.717) is 21.3 Å². The standard InChI is InChI=1S/C6H4Br2N2O/c1-2-10-4(3-11)9-5(7)6(10)8/h2-3H,1H2. The summed E-state index contributed by atoms with van der Waals surface area (Å²) < 4.78 is 2.82. The number of aldehydes is 1. The maximum Gasteiger partial charge on any atom is 0.186 e. The van der Waals surface area contributed by atoms with Crippen LogP contribution in [0.3, 0.4) is 0 Å². The third kappa shape index (κ3) is 1.44. The molecule has 1 heterocycles. The number of rotatable bonds is 2. The Bertz CT molecular complexity index is 306.